The first kappa shape index (κ1) is 26.4. The quantitative estimate of drug-likeness (QED) is 0.373. The van der Waals surface area contributed by atoms with Crippen LogP contribution in [0.1, 0.15) is 17.3 Å². The molecule has 1 unspecified atom stereocenters. The lowest BCUT2D eigenvalue weighted by Crippen LogP contribution is -2.51. The predicted molar refractivity (Wildman–Crippen MR) is 138 cm³/mol. The lowest BCUT2D eigenvalue weighted by molar-refractivity contribution is -0.129. The lowest BCUT2D eigenvalue weighted by Gasteiger charge is -2.41. The maximum atomic E-state index is 14.7. The highest BCUT2D eigenvalue weighted by molar-refractivity contribution is 6.42. The molecule has 2 aliphatic heterocycles. The molecule has 1 atom stereocenters. The summed E-state index contributed by atoms with van der Waals surface area (Å²) in [6, 6.07) is 10.9. The molecule has 200 valence electrons. The van der Waals surface area contributed by atoms with E-state index in [-0.39, 0.29) is 40.3 Å². The van der Waals surface area contributed by atoms with Crippen molar-refractivity contribution in [3.8, 4) is 0 Å². The number of benzene rings is 2. The molecule has 0 spiro atoms. The van der Waals surface area contributed by atoms with Crippen molar-refractivity contribution < 1.29 is 22.4 Å². The molecule has 2 aliphatic rings. The molecule has 12 heteroatoms. The number of aryl methyl sites for hydroxylation is 1. The van der Waals surface area contributed by atoms with E-state index in [1.807, 2.05) is 4.90 Å². The Morgan fingerprint density at radius 1 is 1.03 bits per heavy atom. The van der Waals surface area contributed by atoms with Gasteiger partial charge in [0.25, 0.3) is 5.91 Å². The smallest absolute Gasteiger partial charge is 0.368 e. The molecule has 1 amide bonds. The molecule has 0 saturated carbocycles. The van der Waals surface area contributed by atoms with E-state index in [1.54, 1.807) is 31.2 Å². The van der Waals surface area contributed by atoms with Gasteiger partial charge in [-0.3, -0.25) is 4.79 Å². The Labute approximate surface area is 226 Å². The summed E-state index contributed by atoms with van der Waals surface area (Å²) in [4.78, 5) is 18.3. The van der Waals surface area contributed by atoms with Crippen LogP contribution in [0, 0.1) is 12.7 Å². The van der Waals surface area contributed by atoms with Crippen LogP contribution in [0.2, 0.25) is 10.0 Å². The molecule has 2 aromatic carbocycles. The number of amides is 1. The van der Waals surface area contributed by atoms with Crippen molar-refractivity contribution >= 4 is 40.6 Å². The third-order valence-electron chi connectivity index (χ3n) is 6.82. The SMILES string of the molecule is Cc1cc2n(n1)C(c1cccc(Cl)c1Cl)C(C(=O)N1CCN(c3ccc(F)cc3)CC1)=C(C(F)(F)F)N2C. The number of fused-ring (bicyclic) bond motifs is 1. The molecule has 0 radical (unpaired) electrons. The lowest BCUT2D eigenvalue weighted by atomic mass is 9.92. The van der Waals surface area contributed by atoms with Crippen molar-refractivity contribution in [2.45, 2.75) is 19.1 Å². The number of halogens is 6. The molecule has 1 aromatic heterocycles. The third-order valence-corrected chi connectivity index (χ3v) is 7.66. The Balaban J connectivity index is 1.58. The summed E-state index contributed by atoms with van der Waals surface area (Å²) in [5.74, 6) is -0.953. The molecule has 0 N–H and O–H groups in total. The van der Waals surface area contributed by atoms with E-state index in [2.05, 4.69) is 5.10 Å². The molecule has 0 bridgehead atoms. The first-order valence-electron chi connectivity index (χ1n) is 11.8. The number of carbonyl (C=O) groups is 1. The first-order chi connectivity index (χ1) is 18.0. The highest BCUT2D eigenvalue weighted by Crippen LogP contribution is 2.47. The van der Waals surface area contributed by atoms with Crippen LogP contribution >= 0.6 is 23.2 Å². The van der Waals surface area contributed by atoms with Gasteiger partial charge in [-0.15, -0.1) is 0 Å². The largest absolute Gasteiger partial charge is 0.432 e. The van der Waals surface area contributed by atoms with Crippen molar-refractivity contribution in [1.82, 2.24) is 14.7 Å². The molecule has 5 rings (SSSR count). The first-order valence-corrected chi connectivity index (χ1v) is 12.6. The van der Waals surface area contributed by atoms with E-state index in [9.17, 15) is 22.4 Å². The maximum Gasteiger partial charge on any atom is 0.432 e. The number of piperazine rings is 1. The molecular weight excluding hydrogens is 545 g/mol. The van der Waals surface area contributed by atoms with Gasteiger partial charge in [0.05, 0.1) is 21.3 Å². The van der Waals surface area contributed by atoms with Crippen LogP contribution < -0.4 is 9.80 Å². The highest BCUT2D eigenvalue weighted by Gasteiger charge is 2.49. The van der Waals surface area contributed by atoms with Gasteiger partial charge >= 0.3 is 6.18 Å². The van der Waals surface area contributed by atoms with Crippen molar-refractivity contribution in [3.63, 3.8) is 0 Å². The number of alkyl halides is 3. The summed E-state index contributed by atoms with van der Waals surface area (Å²) in [7, 11) is 1.27. The Hall–Kier alpha value is -3.24. The average molecular weight is 568 g/mol. The molecule has 3 heterocycles. The fourth-order valence-electron chi connectivity index (χ4n) is 5.06. The minimum atomic E-state index is -4.84. The van der Waals surface area contributed by atoms with Crippen LogP contribution in [0.5, 0.6) is 0 Å². The van der Waals surface area contributed by atoms with E-state index in [0.717, 1.165) is 10.6 Å². The Morgan fingerprint density at radius 2 is 1.68 bits per heavy atom. The normalized spacial score (nSPS) is 18.2. The summed E-state index contributed by atoms with van der Waals surface area (Å²) in [5.41, 5.74) is -0.0527. The Bertz CT molecular complexity index is 1410. The highest BCUT2D eigenvalue weighted by atomic mass is 35.5. The van der Waals surface area contributed by atoms with Gasteiger partial charge in [0, 0.05) is 50.5 Å². The van der Waals surface area contributed by atoms with E-state index >= 15 is 0 Å². The molecule has 38 heavy (non-hydrogen) atoms. The summed E-state index contributed by atoms with van der Waals surface area (Å²) >= 11 is 12.7. The van der Waals surface area contributed by atoms with Crippen LogP contribution in [-0.2, 0) is 4.79 Å². The zero-order valence-electron chi connectivity index (χ0n) is 20.4. The van der Waals surface area contributed by atoms with E-state index in [4.69, 9.17) is 23.2 Å². The van der Waals surface area contributed by atoms with Crippen molar-refractivity contribution in [1.29, 1.82) is 0 Å². The maximum absolute atomic E-state index is 14.7. The summed E-state index contributed by atoms with van der Waals surface area (Å²) in [6.07, 6.45) is -4.84. The summed E-state index contributed by atoms with van der Waals surface area (Å²) in [5, 5.41) is 4.65. The minimum Gasteiger partial charge on any atom is -0.368 e. The average Bonchev–Trinajstić information content (AvgIpc) is 3.27. The van der Waals surface area contributed by atoms with Crippen LogP contribution in [0.4, 0.5) is 29.1 Å². The number of anilines is 2. The van der Waals surface area contributed by atoms with Crippen LogP contribution in [0.25, 0.3) is 0 Å². The number of nitrogens with zero attached hydrogens (tertiary/aromatic N) is 5. The van der Waals surface area contributed by atoms with Crippen LogP contribution in [-0.4, -0.2) is 60.0 Å². The third kappa shape index (κ3) is 4.60. The van der Waals surface area contributed by atoms with Gasteiger partial charge < -0.3 is 14.7 Å². The van der Waals surface area contributed by atoms with Gasteiger partial charge in [-0.1, -0.05) is 35.3 Å². The topological polar surface area (TPSA) is 44.6 Å². The van der Waals surface area contributed by atoms with Gasteiger partial charge in [0.2, 0.25) is 0 Å². The number of carbonyl (C=O) groups excluding carboxylic acids is 1. The summed E-state index contributed by atoms with van der Waals surface area (Å²) < 4.78 is 58.7. The van der Waals surface area contributed by atoms with Gasteiger partial charge in [-0.2, -0.15) is 18.3 Å². The number of rotatable bonds is 3. The van der Waals surface area contributed by atoms with Crippen LogP contribution in [0.3, 0.4) is 0 Å². The van der Waals surface area contributed by atoms with E-state index in [0.29, 0.717) is 18.8 Å². The van der Waals surface area contributed by atoms with Crippen LogP contribution in [0.15, 0.2) is 59.8 Å². The minimum absolute atomic E-state index is 0.0516. The molecule has 0 aliphatic carbocycles. The summed E-state index contributed by atoms with van der Waals surface area (Å²) in [6.45, 7) is 2.76. The fourth-order valence-corrected chi connectivity index (χ4v) is 5.47. The predicted octanol–water partition coefficient (Wildman–Crippen LogP) is 5.84. The fraction of sp³-hybridized carbons (Fsp3) is 0.308. The molecule has 1 saturated heterocycles. The zero-order valence-corrected chi connectivity index (χ0v) is 21.9. The van der Waals surface area contributed by atoms with Gasteiger partial charge in [-0.25, -0.2) is 9.07 Å². The molecule has 1 fully saturated rings. The van der Waals surface area contributed by atoms with Gasteiger partial charge in [-0.05, 0) is 37.3 Å². The number of hydrogen-bond acceptors (Lipinski definition) is 4. The van der Waals surface area contributed by atoms with E-state index < -0.39 is 29.4 Å². The molecule has 3 aromatic rings. The second kappa shape index (κ2) is 9.81. The number of allylic oxidation sites excluding steroid dienone is 1. The van der Waals surface area contributed by atoms with Gasteiger partial charge in [0.1, 0.15) is 23.4 Å². The zero-order chi connectivity index (χ0) is 27.4. The van der Waals surface area contributed by atoms with Gasteiger partial charge in [0.15, 0.2) is 0 Å². The number of aromatic nitrogens is 2. The molecular formula is C26H23Cl2F4N5O. The standard InChI is InChI=1S/C26H23Cl2F4N5O/c1-15-14-20-34(2)24(26(30,31)32)21(23(37(20)33-15)18-4-3-5-19(27)22(18)28)25(38)36-12-10-35(11-13-36)17-8-6-16(29)7-9-17/h3-9,14,23H,10-13H2,1-2H3. The second-order valence-corrected chi connectivity index (χ2v) is 9.99. The monoisotopic (exact) mass is 567 g/mol. The second-order valence-electron chi connectivity index (χ2n) is 9.21. The van der Waals surface area contributed by atoms with Crippen molar-refractivity contribution in [3.05, 3.63) is 86.9 Å². The molecule has 6 nitrogen and oxygen atoms in total. The number of hydrogen-bond donors (Lipinski definition) is 0. The van der Waals surface area contributed by atoms with Crippen molar-refractivity contribution in [2.24, 2.45) is 0 Å². The Kier molecular flexibility index (Phi) is 6.81. The van der Waals surface area contributed by atoms with E-state index in [1.165, 1.54) is 40.9 Å². The Morgan fingerprint density at radius 3 is 2.32 bits per heavy atom. The van der Waals surface area contributed by atoms with Crippen molar-refractivity contribution in [2.75, 3.05) is 43.0 Å².